The summed E-state index contributed by atoms with van der Waals surface area (Å²) in [5.74, 6) is -0.928. The maximum Gasteiger partial charge on any atom is 0.337 e. The molecule has 0 aliphatic rings. The normalized spacial score (nSPS) is 10.6. The molecule has 0 saturated carbocycles. The molecular formula is C18H13ClN2O2. The van der Waals surface area contributed by atoms with Gasteiger partial charge in [0, 0.05) is 23.2 Å². The minimum Gasteiger partial charge on any atom is -0.478 e. The van der Waals surface area contributed by atoms with Crippen molar-refractivity contribution in [3.63, 3.8) is 0 Å². The van der Waals surface area contributed by atoms with Gasteiger partial charge in [-0.15, -0.1) is 12.4 Å². The minimum atomic E-state index is -0.928. The maximum absolute atomic E-state index is 11.5. The Morgan fingerprint density at radius 3 is 2.61 bits per heavy atom. The van der Waals surface area contributed by atoms with Gasteiger partial charge in [-0.1, -0.05) is 36.4 Å². The average molecular weight is 325 g/mol. The zero-order chi connectivity index (χ0) is 15.1. The zero-order valence-electron chi connectivity index (χ0n) is 12.0. The van der Waals surface area contributed by atoms with E-state index in [-0.39, 0.29) is 12.4 Å². The van der Waals surface area contributed by atoms with Crippen LogP contribution in [0.4, 0.5) is 0 Å². The summed E-state index contributed by atoms with van der Waals surface area (Å²) in [5.41, 5.74) is 2.88. The fourth-order valence-electron chi connectivity index (χ4n) is 2.83. The standard InChI is InChI=1S/C18H12N2O2.ClH/c21-18(22)14-11-20(15-8-2-1-7-13(14)15)16-9-3-5-12-6-4-10-19-17(12)16;/h1-11H,(H,21,22);1H. The van der Waals surface area contributed by atoms with Crippen LogP contribution in [0, 0.1) is 0 Å². The first-order valence-electron chi connectivity index (χ1n) is 6.93. The number of carboxylic acid groups (broad SMARTS) is 1. The number of hydrogen-bond donors (Lipinski definition) is 1. The Morgan fingerprint density at radius 1 is 1.00 bits per heavy atom. The first-order valence-corrected chi connectivity index (χ1v) is 6.93. The van der Waals surface area contributed by atoms with Crippen molar-refractivity contribution in [3.05, 3.63) is 72.6 Å². The highest BCUT2D eigenvalue weighted by molar-refractivity contribution is 6.04. The number of hydrogen-bond acceptors (Lipinski definition) is 2. The lowest BCUT2D eigenvalue weighted by Crippen LogP contribution is -1.96. The lowest BCUT2D eigenvalue weighted by molar-refractivity contribution is 0.0699. The molecule has 0 aliphatic heterocycles. The van der Waals surface area contributed by atoms with Gasteiger partial charge in [-0.2, -0.15) is 0 Å². The van der Waals surface area contributed by atoms with E-state index >= 15 is 0 Å². The predicted molar refractivity (Wildman–Crippen MR) is 92.8 cm³/mol. The van der Waals surface area contributed by atoms with E-state index in [1.165, 1.54) is 0 Å². The molecule has 114 valence electrons. The highest BCUT2D eigenvalue weighted by Crippen LogP contribution is 2.28. The molecule has 4 rings (SSSR count). The molecule has 0 amide bonds. The Balaban J connectivity index is 0.00000156. The van der Waals surface area contributed by atoms with E-state index in [4.69, 9.17) is 0 Å². The molecule has 0 saturated heterocycles. The van der Waals surface area contributed by atoms with Crippen LogP contribution in [0.25, 0.3) is 27.5 Å². The lowest BCUT2D eigenvalue weighted by Gasteiger charge is -2.08. The van der Waals surface area contributed by atoms with Crippen LogP contribution >= 0.6 is 12.4 Å². The number of carboxylic acids is 1. The van der Waals surface area contributed by atoms with Crippen molar-refractivity contribution in [1.82, 2.24) is 9.55 Å². The van der Waals surface area contributed by atoms with Crippen LogP contribution < -0.4 is 0 Å². The van der Waals surface area contributed by atoms with Crippen molar-refractivity contribution in [2.24, 2.45) is 0 Å². The number of aromatic carboxylic acids is 1. The summed E-state index contributed by atoms with van der Waals surface area (Å²) in [6, 6.07) is 17.3. The molecule has 5 heteroatoms. The van der Waals surface area contributed by atoms with Crippen molar-refractivity contribution in [3.8, 4) is 5.69 Å². The second kappa shape index (κ2) is 5.74. The zero-order valence-corrected chi connectivity index (χ0v) is 12.8. The quantitative estimate of drug-likeness (QED) is 0.598. The molecular weight excluding hydrogens is 312 g/mol. The summed E-state index contributed by atoms with van der Waals surface area (Å²) >= 11 is 0. The number of benzene rings is 2. The van der Waals surface area contributed by atoms with Crippen molar-refractivity contribution in [2.75, 3.05) is 0 Å². The number of nitrogens with zero attached hydrogens (tertiary/aromatic N) is 2. The van der Waals surface area contributed by atoms with Crippen LogP contribution in [0.15, 0.2) is 67.0 Å². The van der Waals surface area contributed by atoms with Crippen LogP contribution in [-0.2, 0) is 0 Å². The number of carbonyl (C=O) groups is 1. The van der Waals surface area contributed by atoms with E-state index in [0.717, 1.165) is 27.5 Å². The Hall–Kier alpha value is -2.85. The van der Waals surface area contributed by atoms with E-state index in [9.17, 15) is 9.90 Å². The number of aromatic nitrogens is 2. The Bertz CT molecular complexity index is 1020. The van der Waals surface area contributed by atoms with Crippen molar-refractivity contribution in [2.45, 2.75) is 0 Å². The van der Waals surface area contributed by atoms with Gasteiger partial charge in [-0.3, -0.25) is 4.98 Å². The van der Waals surface area contributed by atoms with Crippen molar-refractivity contribution >= 4 is 40.2 Å². The average Bonchev–Trinajstić information content (AvgIpc) is 2.94. The largest absolute Gasteiger partial charge is 0.478 e. The van der Waals surface area contributed by atoms with E-state index in [0.29, 0.717) is 5.56 Å². The molecule has 0 bridgehead atoms. The highest BCUT2D eigenvalue weighted by atomic mass is 35.5. The third-order valence-electron chi connectivity index (χ3n) is 3.81. The first kappa shape index (κ1) is 15.1. The Kier molecular flexibility index (Phi) is 3.76. The molecule has 2 aromatic heterocycles. The molecule has 0 radical (unpaired) electrons. The highest BCUT2D eigenvalue weighted by Gasteiger charge is 2.15. The molecule has 4 nitrogen and oxygen atoms in total. The molecule has 1 N–H and O–H groups in total. The van der Waals surface area contributed by atoms with Crippen molar-refractivity contribution in [1.29, 1.82) is 0 Å². The van der Waals surface area contributed by atoms with Crippen LogP contribution in [-0.4, -0.2) is 20.6 Å². The van der Waals surface area contributed by atoms with Gasteiger partial charge in [-0.25, -0.2) is 4.79 Å². The molecule has 4 aromatic rings. The van der Waals surface area contributed by atoms with Gasteiger partial charge in [0.2, 0.25) is 0 Å². The minimum absolute atomic E-state index is 0. The number of rotatable bonds is 2. The summed E-state index contributed by atoms with van der Waals surface area (Å²) < 4.78 is 1.90. The van der Waals surface area contributed by atoms with E-state index in [1.54, 1.807) is 12.4 Å². The second-order valence-corrected chi connectivity index (χ2v) is 5.09. The van der Waals surface area contributed by atoms with E-state index in [1.807, 2.05) is 59.2 Å². The second-order valence-electron chi connectivity index (χ2n) is 5.09. The summed E-state index contributed by atoms with van der Waals surface area (Å²) in [6.07, 6.45) is 3.41. The van der Waals surface area contributed by atoms with Crippen LogP contribution in [0.1, 0.15) is 10.4 Å². The van der Waals surface area contributed by atoms with Crippen LogP contribution in [0.5, 0.6) is 0 Å². The van der Waals surface area contributed by atoms with Gasteiger partial charge < -0.3 is 9.67 Å². The van der Waals surface area contributed by atoms with Gasteiger partial charge in [0.25, 0.3) is 0 Å². The number of pyridine rings is 1. The molecule has 2 heterocycles. The maximum atomic E-state index is 11.5. The molecule has 0 unspecified atom stereocenters. The summed E-state index contributed by atoms with van der Waals surface area (Å²) in [4.78, 5) is 15.9. The smallest absolute Gasteiger partial charge is 0.337 e. The lowest BCUT2D eigenvalue weighted by atomic mass is 10.2. The molecule has 2 aromatic carbocycles. The summed E-state index contributed by atoms with van der Waals surface area (Å²) in [7, 11) is 0. The Morgan fingerprint density at radius 2 is 1.78 bits per heavy atom. The van der Waals surface area contributed by atoms with Gasteiger partial charge in [0.05, 0.1) is 22.3 Å². The fourth-order valence-corrected chi connectivity index (χ4v) is 2.83. The fraction of sp³-hybridized carbons (Fsp3) is 0. The molecule has 0 fully saturated rings. The molecule has 0 spiro atoms. The number of para-hydroxylation sites is 2. The third kappa shape index (κ3) is 2.33. The topological polar surface area (TPSA) is 55.1 Å². The van der Waals surface area contributed by atoms with Gasteiger partial charge in [0.15, 0.2) is 0 Å². The molecule has 23 heavy (non-hydrogen) atoms. The van der Waals surface area contributed by atoms with Gasteiger partial charge >= 0.3 is 5.97 Å². The van der Waals surface area contributed by atoms with Crippen LogP contribution in [0.2, 0.25) is 0 Å². The summed E-state index contributed by atoms with van der Waals surface area (Å²) in [6.45, 7) is 0. The van der Waals surface area contributed by atoms with Crippen LogP contribution in [0.3, 0.4) is 0 Å². The van der Waals surface area contributed by atoms with Crippen molar-refractivity contribution < 1.29 is 9.90 Å². The monoisotopic (exact) mass is 324 g/mol. The molecule has 0 atom stereocenters. The van der Waals surface area contributed by atoms with E-state index < -0.39 is 5.97 Å². The van der Waals surface area contributed by atoms with Gasteiger partial charge in [-0.05, 0) is 18.2 Å². The third-order valence-corrected chi connectivity index (χ3v) is 3.81. The first-order chi connectivity index (χ1) is 10.8. The number of fused-ring (bicyclic) bond motifs is 2. The summed E-state index contributed by atoms with van der Waals surface area (Å²) in [5, 5.41) is 11.2. The van der Waals surface area contributed by atoms with Gasteiger partial charge in [0.1, 0.15) is 0 Å². The SMILES string of the molecule is Cl.O=C(O)c1cn(-c2cccc3cccnc23)c2ccccc12. The predicted octanol–water partition coefficient (Wildman–Crippen LogP) is 4.30. The van der Waals surface area contributed by atoms with E-state index in [2.05, 4.69) is 4.98 Å². The Labute approximate surface area is 138 Å². The number of halogens is 1. The molecule has 0 aliphatic carbocycles.